The number of nitrogens with one attached hydrogen (secondary N) is 3. The second-order valence-electron chi connectivity index (χ2n) is 6.46. The molecule has 3 aromatic rings. The van der Waals surface area contributed by atoms with Crippen molar-refractivity contribution in [3.8, 4) is 0 Å². The number of aromatic amines is 1. The lowest BCUT2D eigenvalue weighted by Gasteiger charge is -2.09. The highest BCUT2D eigenvalue weighted by atomic mass is 32.1. The highest BCUT2D eigenvalue weighted by molar-refractivity contribution is 7.71. The number of H-pyrrole nitrogens is 1. The van der Waals surface area contributed by atoms with Crippen molar-refractivity contribution in [1.82, 2.24) is 15.3 Å². The second-order valence-corrected chi connectivity index (χ2v) is 6.85. The van der Waals surface area contributed by atoms with Crippen molar-refractivity contribution in [2.75, 3.05) is 11.9 Å². The fourth-order valence-corrected chi connectivity index (χ4v) is 3.09. The lowest BCUT2D eigenvalue weighted by atomic mass is 10.2. The van der Waals surface area contributed by atoms with E-state index >= 15 is 0 Å². The molecule has 0 saturated carbocycles. The molecule has 0 aliphatic carbocycles. The quantitative estimate of drug-likeness (QED) is 0.374. The van der Waals surface area contributed by atoms with Crippen molar-refractivity contribution in [1.29, 1.82) is 0 Å². The minimum absolute atomic E-state index is 0.0546. The Morgan fingerprint density at radius 3 is 2.85 bits per heavy atom. The summed E-state index contributed by atoms with van der Waals surface area (Å²) in [6, 6.07) is 11.7. The van der Waals surface area contributed by atoms with Crippen LogP contribution in [-0.4, -0.2) is 22.4 Å². The summed E-state index contributed by atoms with van der Waals surface area (Å²) >= 11 is 5.18. The van der Waals surface area contributed by atoms with E-state index in [0.29, 0.717) is 17.7 Å². The molecule has 0 spiro atoms. The largest absolute Gasteiger partial charge is 0.465 e. The number of unbranched alkanes of at least 4 members (excludes halogenated alkanes) is 2. The van der Waals surface area contributed by atoms with Crippen LogP contribution in [0.4, 0.5) is 5.82 Å². The molecule has 0 aliphatic rings. The van der Waals surface area contributed by atoms with Crippen LogP contribution in [0.3, 0.4) is 0 Å². The molecular formula is C20H24N4O2S. The molecule has 2 aromatic heterocycles. The molecule has 3 N–H and O–H groups in total. The van der Waals surface area contributed by atoms with Gasteiger partial charge in [-0.1, -0.05) is 18.6 Å². The number of amides is 1. The third-order valence-corrected chi connectivity index (χ3v) is 4.46. The van der Waals surface area contributed by atoms with Crippen molar-refractivity contribution in [2.45, 2.75) is 39.2 Å². The van der Waals surface area contributed by atoms with Gasteiger partial charge in [-0.2, -0.15) is 0 Å². The number of aryl methyl sites for hydroxylation is 1. The molecule has 0 aliphatic heterocycles. The number of furan rings is 1. The van der Waals surface area contributed by atoms with Crippen LogP contribution >= 0.6 is 12.2 Å². The Hall–Kier alpha value is -2.67. The van der Waals surface area contributed by atoms with Crippen LogP contribution in [0.15, 0.2) is 40.8 Å². The van der Waals surface area contributed by atoms with E-state index in [1.165, 1.54) is 0 Å². The Balaban J connectivity index is 1.35. The maximum Gasteiger partial charge on any atom is 0.220 e. The van der Waals surface area contributed by atoms with Gasteiger partial charge in [0.25, 0.3) is 0 Å². The molecule has 7 heteroatoms. The molecule has 2 heterocycles. The molecule has 6 nitrogen and oxygen atoms in total. The van der Waals surface area contributed by atoms with Crippen LogP contribution in [-0.2, 0) is 11.3 Å². The van der Waals surface area contributed by atoms with Gasteiger partial charge in [0.2, 0.25) is 5.91 Å². The number of hydrogen-bond acceptors (Lipinski definition) is 5. The van der Waals surface area contributed by atoms with Crippen molar-refractivity contribution in [2.24, 2.45) is 0 Å². The zero-order valence-electron chi connectivity index (χ0n) is 15.4. The predicted octanol–water partition coefficient (Wildman–Crippen LogP) is 4.48. The lowest BCUT2D eigenvalue weighted by Crippen LogP contribution is -2.22. The first-order valence-electron chi connectivity index (χ1n) is 9.17. The third-order valence-electron chi connectivity index (χ3n) is 4.27. The van der Waals surface area contributed by atoms with Crippen LogP contribution in [0, 0.1) is 11.7 Å². The monoisotopic (exact) mass is 384 g/mol. The van der Waals surface area contributed by atoms with Gasteiger partial charge in [0.15, 0.2) is 4.77 Å². The maximum absolute atomic E-state index is 11.9. The summed E-state index contributed by atoms with van der Waals surface area (Å²) in [6.45, 7) is 3.13. The van der Waals surface area contributed by atoms with Gasteiger partial charge in [0.05, 0.1) is 12.1 Å². The molecular weight excluding hydrogens is 360 g/mol. The molecule has 142 valence electrons. The molecule has 3 rings (SSSR count). The van der Waals surface area contributed by atoms with Crippen molar-refractivity contribution in [3.63, 3.8) is 0 Å². The Morgan fingerprint density at radius 1 is 1.19 bits per heavy atom. The molecule has 0 unspecified atom stereocenters. The Kier molecular flexibility index (Phi) is 6.59. The number of rotatable bonds is 9. The highest BCUT2D eigenvalue weighted by Gasteiger charge is 2.05. The minimum atomic E-state index is 0.0546. The molecule has 0 saturated heterocycles. The van der Waals surface area contributed by atoms with Gasteiger partial charge in [-0.15, -0.1) is 0 Å². The second kappa shape index (κ2) is 9.32. The van der Waals surface area contributed by atoms with Gasteiger partial charge in [-0.05, 0) is 56.2 Å². The molecule has 27 heavy (non-hydrogen) atoms. The molecule has 0 bridgehead atoms. The van der Waals surface area contributed by atoms with E-state index in [0.717, 1.165) is 54.0 Å². The first kappa shape index (κ1) is 19.1. The number of fused-ring (bicyclic) bond motifs is 1. The van der Waals surface area contributed by atoms with Crippen LogP contribution in [0.1, 0.15) is 37.2 Å². The van der Waals surface area contributed by atoms with Crippen LogP contribution in [0.25, 0.3) is 10.9 Å². The number of benzene rings is 1. The molecule has 0 fully saturated rings. The first-order valence-corrected chi connectivity index (χ1v) is 9.57. The molecule has 0 atom stereocenters. The average molecular weight is 385 g/mol. The predicted molar refractivity (Wildman–Crippen MR) is 109 cm³/mol. The number of carbonyl (C=O) groups is 1. The fraction of sp³-hybridized carbons (Fsp3) is 0.350. The number of aromatic nitrogens is 2. The maximum atomic E-state index is 11.9. The zero-order chi connectivity index (χ0) is 19.1. The van der Waals surface area contributed by atoms with Crippen molar-refractivity contribution in [3.05, 3.63) is 52.7 Å². The normalized spacial score (nSPS) is 10.9. The van der Waals surface area contributed by atoms with Crippen LogP contribution in [0.5, 0.6) is 0 Å². The van der Waals surface area contributed by atoms with E-state index in [1.54, 1.807) is 0 Å². The summed E-state index contributed by atoms with van der Waals surface area (Å²) in [7, 11) is 0. The number of nitrogens with zero attached hydrogens (tertiary/aromatic N) is 1. The highest BCUT2D eigenvalue weighted by Crippen LogP contribution is 2.19. The number of para-hydroxylation sites is 1. The van der Waals surface area contributed by atoms with E-state index in [-0.39, 0.29) is 5.91 Å². The number of anilines is 1. The topological polar surface area (TPSA) is 83.0 Å². The minimum Gasteiger partial charge on any atom is -0.465 e. The number of carbonyl (C=O) groups excluding carboxylic acids is 1. The van der Waals surface area contributed by atoms with Gasteiger partial charge < -0.3 is 20.0 Å². The summed E-state index contributed by atoms with van der Waals surface area (Å²) < 4.78 is 5.91. The first-order chi connectivity index (χ1) is 13.1. The van der Waals surface area contributed by atoms with Crippen LogP contribution < -0.4 is 10.6 Å². The van der Waals surface area contributed by atoms with Gasteiger partial charge in [0.1, 0.15) is 17.3 Å². The SMILES string of the molecule is Cc1ccc(CNC(=O)CCCCCNc2nc(=S)[nH]c3ccccc23)o1. The summed E-state index contributed by atoms with van der Waals surface area (Å²) in [6.07, 6.45) is 3.31. The average Bonchev–Trinajstić information content (AvgIpc) is 3.08. The van der Waals surface area contributed by atoms with E-state index in [2.05, 4.69) is 20.6 Å². The summed E-state index contributed by atoms with van der Waals surface area (Å²) in [4.78, 5) is 19.3. The van der Waals surface area contributed by atoms with E-state index in [1.807, 2.05) is 43.3 Å². The fourth-order valence-electron chi connectivity index (χ4n) is 2.89. The number of hydrogen-bond donors (Lipinski definition) is 3. The third kappa shape index (κ3) is 5.65. The van der Waals surface area contributed by atoms with E-state index in [4.69, 9.17) is 16.6 Å². The van der Waals surface area contributed by atoms with Gasteiger partial charge in [-0.3, -0.25) is 4.79 Å². The van der Waals surface area contributed by atoms with E-state index in [9.17, 15) is 4.79 Å². The van der Waals surface area contributed by atoms with Crippen molar-refractivity contribution < 1.29 is 9.21 Å². The Labute approximate surface area is 163 Å². The Bertz CT molecular complexity index is 964. The summed E-state index contributed by atoms with van der Waals surface area (Å²) in [5.74, 6) is 2.50. The summed E-state index contributed by atoms with van der Waals surface area (Å²) in [5, 5.41) is 7.26. The van der Waals surface area contributed by atoms with Crippen LogP contribution in [0.2, 0.25) is 0 Å². The molecule has 0 radical (unpaired) electrons. The van der Waals surface area contributed by atoms with Gasteiger partial charge in [0, 0.05) is 18.4 Å². The van der Waals surface area contributed by atoms with E-state index < -0.39 is 0 Å². The standard InChI is InChI=1S/C20H24N4O2S/c1-14-10-11-15(26-14)13-22-18(25)9-3-2-6-12-21-19-16-7-4-5-8-17(16)23-20(27)24-19/h4-5,7-8,10-11H,2-3,6,9,12-13H2,1H3,(H,22,25)(H2,21,23,24,27). The molecule has 1 aromatic carbocycles. The van der Waals surface area contributed by atoms with Gasteiger partial charge >= 0.3 is 0 Å². The summed E-state index contributed by atoms with van der Waals surface area (Å²) in [5.41, 5.74) is 0.975. The smallest absolute Gasteiger partial charge is 0.220 e. The Morgan fingerprint density at radius 2 is 2.04 bits per heavy atom. The zero-order valence-corrected chi connectivity index (χ0v) is 16.2. The molecule has 1 amide bonds. The lowest BCUT2D eigenvalue weighted by molar-refractivity contribution is -0.121. The van der Waals surface area contributed by atoms with Crippen molar-refractivity contribution >= 4 is 34.8 Å². The van der Waals surface area contributed by atoms with Gasteiger partial charge in [-0.25, -0.2) is 4.98 Å².